The number of ether oxygens (including phenoxy) is 4. The zero-order chi connectivity index (χ0) is 41.6. The van der Waals surface area contributed by atoms with Crippen LogP contribution in [0.3, 0.4) is 0 Å². The van der Waals surface area contributed by atoms with Gasteiger partial charge in [0.1, 0.15) is 31.0 Å². The number of hydrogen-bond acceptors (Lipinski definition) is 10. The van der Waals surface area contributed by atoms with Crippen molar-refractivity contribution in [3.63, 3.8) is 0 Å². The zero-order valence-electron chi connectivity index (χ0n) is 34.3. The Balaban J connectivity index is 2.49. The van der Waals surface area contributed by atoms with Crippen molar-refractivity contribution in [2.75, 3.05) is 19.8 Å². The molecule has 0 spiro atoms. The molecule has 1 saturated heterocycles. The first-order chi connectivity index (χ1) is 27.8. The lowest BCUT2D eigenvalue weighted by molar-refractivity contribution is -0.305. The lowest BCUT2D eigenvalue weighted by Gasteiger charge is -2.39. The van der Waals surface area contributed by atoms with Crippen LogP contribution < -0.4 is 0 Å². The van der Waals surface area contributed by atoms with Gasteiger partial charge in [-0.1, -0.05) is 135 Å². The lowest BCUT2D eigenvalue weighted by Crippen LogP contribution is -2.59. The summed E-state index contributed by atoms with van der Waals surface area (Å²) in [6.07, 6.45) is 43.8. The first kappa shape index (κ1) is 51.1. The molecule has 0 radical (unpaired) electrons. The third-order valence-electron chi connectivity index (χ3n) is 8.37. The minimum atomic E-state index is -1.63. The maximum atomic E-state index is 12.7. The molecule has 0 aromatic heterocycles. The number of allylic oxidation sites excluding steroid dienone is 19. The van der Waals surface area contributed by atoms with Crippen LogP contribution in [0.4, 0.5) is 0 Å². The summed E-state index contributed by atoms with van der Waals surface area (Å²) in [5, 5.41) is 40.0. The standard InChI is InChI=1S/C47H70O10/c1-3-5-7-9-11-13-15-17-19-20-22-24-26-28-30-32-34-36-43(50)56-40(39-55-47-46(53)45(52)44(51)41(37-48)57-47)38-54-42(49)35-33-31-29-27-25-23-21-18-16-14-12-10-8-6-4-2/h5-8,11-14,17-19,21-22,24-25,27-28,30-31,33,40-41,44-48,51-53H,3-4,9-10,15-16,20,23,26,29,32,34-39H2,1-2H3/b7-5-,8-6-,13-11-,14-12-,19-17-,21-18-,24-22-,27-25-,30-28-,33-31-. The lowest BCUT2D eigenvalue weighted by atomic mass is 9.99. The predicted molar refractivity (Wildman–Crippen MR) is 228 cm³/mol. The van der Waals surface area contributed by atoms with Gasteiger partial charge >= 0.3 is 11.9 Å². The monoisotopic (exact) mass is 794 g/mol. The molecule has 57 heavy (non-hydrogen) atoms. The molecule has 10 nitrogen and oxygen atoms in total. The van der Waals surface area contributed by atoms with Gasteiger partial charge in [-0.2, -0.15) is 0 Å². The van der Waals surface area contributed by atoms with Crippen molar-refractivity contribution >= 4 is 11.9 Å². The Morgan fingerprint density at radius 2 is 1.00 bits per heavy atom. The van der Waals surface area contributed by atoms with Crippen molar-refractivity contribution in [2.24, 2.45) is 0 Å². The van der Waals surface area contributed by atoms with Crippen LogP contribution >= 0.6 is 0 Å². The van der Waals surface area contributed by atoms with Gasteiger partial charge in [-0.05, 0) is 77.0 Å². The van der Waals surface area contributed by atoms with Gasteiger partial charge in [0.25, 0.3) is 0 Å². The highest BCUT2D eigenvalue weighted by atomic mass is 16.7. The Morgan fingerprint density at radius 3 is 1.46 bits per heavy atom. The first-order valence-electron chi connectivity index (χ1n) is 20.6. The summed E-state index contributed by atoms with van der Waals surface area (Å²) in [7, 11) is 0. The van der Waals surface area contributed by atoms with Gasteiger partial charge in [-0.25, -0.2) is 0 Å². The number of esters is 2. The number of rotatable bonds is 31. The van der Waals surface area contributed by atoms with Crippen LogP contribution in [0.5, 0.6) is 0 Å². The molecule has 0 saturated carbocycles. The Morgan fingerprint density at radius 1 is 0.561 bits per heavy atom. The van der Waals surface area contributed by atoms with Crippen LogP contribution in [0.1, 0.15) is 104 Å². The normalized spacial score (nSPS) is 21.5. The molecular weight excluding hydrogens is 725 g/mol. The van der Waals surface area contributed by atoms with E-state index in [4.69, 9.17) is 18.9 Å². The maximum absolute atomic E-state index is 12.7. The maximum Gasteiger partial charge on any atom is 0.309 e. The quantitative estimate of drug-likeness (QED) is 0.0306. The molecule has 4 N–H and O–H groups in total. The van der Waals surface area contributed by atoms with E-state index >= 15 is 0 Å². The first-order valence-corrected chi connectivity index (χ1v) is 20.6. The molecule has 0 aromatic rings. The molecule has 1 aliphatic rings. The van der Waals surface area contributed by atoms with E-state index in [-0.39, 0.29) is 26.1 Å². The SMILES string of the molecule is CC/C=C\C/C=C\C/C=C\C/C=C\C/C=C\CCCC(=O)OC(COC(=O)C/C=C\C/C=C\C/C=C\C/C=C\C/C=C\CC)COC1OC(CO)C(O)C(O)C1O. The summed E-state index contributed by atoms with van der Waals surface area (Å²) in [5.41, 5.74) is 0. The van der Waals surface area contributed by atoms with Crippen molar-refractivity contribution in [1.29, 1.82) is 0 Å². The fourth-order valence-electron chi connectivity index (χ4n) is 5.18. The smallest absolute Gasteiger partial charge is 0.309 e. The molecule has 0 amide bonds. The molecule has 1 aliphatic heterocycles. The second kappa shape index (κ2) is 36.4. The average molecular weight is 795 g/mol. The number of carbonyl (C=O) groups excluding carboxylic acids is 2. The molecule has 1 heterocycles. The molecule has 6 atom stereocenters. The van der Waals surface area contributed by atoms with Gasteiger partial charge in [0.15, 0.2) is 12.4 Å². The number of hydrogen-bond donors (Lipinski definition) is 4. The highest BCUT2D eigenvalue weighted by Crippen LogP contribution is 2.22. The largest absolute Gasteiger partial charge is 0.461 e. The number of carbonyl (C=O) groups is 2. The second-order valence-electron chi connectivity index (χ2n) is 13.3. The van der Waals surface area contributed by atoms with Crippen LogP contribution in [0, 0.1) is 0 Å². The van der Waals surface area contributed by atoms with E-state index in [1.54, 1.807) is 6.08 Å². The van der Waals surface area contributed by atoms with Gasteiger partial charge in [0.2, 0.25) is 0 Å². The molecule has 0 bridgehead atoms. The average Bonchev–Trinajstić information content (AvgIpc) is 3.21. The van der Waals surface area contributed by atoms with E-state index in [9.17, 15) is 30.0 Å². The fourth-order valence-corrected chi connectivity index (χ4v) is 5.18. The van der Waals surface area contributed by atoms with Crippen molar-refractivity contribution < 1.29 is 49.0 Å². The van der Waals surface area contributed by atoms with Gasteiger partial charge in [0, 0.05) is 6.42 Å². The summed E-state index contributed by atoms with van der Waals surface area (Å²) in [4.78, 5) is 25.2. The van der Waals surface area contributed by atoms with Crippen LogP contribution in [-0.2, 0) is 28.5 Å². The Kier molecular flexibility index (Phi) is 32.7. The van der Waals surface area contributed by atoms with Crippen LogP contribution in [0.2, 0.25) is 0 Å². The summed E-state index contributed by atoms with van der Waals surface area (Å²) < 4.78 is 21.9. The number of aliphatic hydroxyl groups is 4. The predicted octanol–water partition coefficient (Wildman–Crippen LogP) is 8.32. The van der Waals surface area contributed by atoms with Gasteiger partial charge in [-0.15, -0.1) is 0 Å². The minimum absolute atomic E-state index is 0.0228. The molecule has 1 rings (SSSR count). The van der Waals surface area contributed by atoms with E-state index in [2.05, 4.69) is 105 Å². The van der Waals surface area contributed by atoms with Crippen LogP contribution in [0.25, 0.3) is 0 Å². The summed E-state index contributed by atoms with van der Waals surface area (Å²) in [5.74, 6) is -1.04. The summed E-state index contributed by atoms with van der Waals surface area (Å²) in [6, 6.07) is 0. The molecule has 6 unspecified atom stereocenters. The Bertz CT molecular complexity index is 1330. The molecule has 318 valence electrons. The molecule has 10 heteroatoms. The van der Waals surface area contributed by atoms with E-state index in [1.807, 2.05) is 24.3 Å². The van der Waals surface area contributed by atoms with Gasteiger partial charge in [-0.3, -0.25) is 9.59 Å². The topological polar surface area (TPSA) is 152 Å². The van der Waals surface area contributed by atoms with Crippen LogP contribution in [0.15, 0.2) is 122 Å². The highest BCUT2D eigenvalue weighted by molar-refractivity contribution is 5.71. The Hall–Kier alpha value is -3.90. The van der Waals surface area contributed by atoms with Gasteiger partial charge < -0.3 is 39.4 Å². The summed E-state index contributed by atoms with van der Waals surface area (Å²) in [6.45, 7) is 2.99. The molecular formula is C47H70O10. The Labute approximate surface area is 342 Å². The molecule has 1 fully saturated rings. The van der Waals surface area contributed by atoms with Crippen LogP contribution in [-0.4, -0.2) is 89.0 Å². The number of aliphatic hydroxyl groups excluding tert-OH is 4. The summed E-state index contributed by atoms with van der Waals surface area (Å²) >= 11 is 0. The van der Waals surface area contributed by atoms with Crippen molar-refractivity contribution in [3.8, 4) is 0 Å². The van der Waals surface area contributed by atoms with E-state index < -0.39 is 55.4 Å². The van der Waals surface area contributed by atoms with E-state index in [0.717, 1.165) is 57.8 Å². The highest BCUT2D eigenvalue weighted by Gasteiger charge is 2.44. The molecule has 0 aromatic carbocycles. The fraction of sp³-hybridized carbons (Fsp3) is 0.532. The van der Waals surface area contributed by atoms with Crippen molar-refractivity contribution in [1.82, 2.24) is 0 Å². The minimum Gasteiger partial charge on any atom is -0.461 e. The third-order valence-corrected chi connectivity index (χ3v) is 8.37. The van der Waals surface area contributed by atoms with Gasteiger partial charge in [0.05, 0.1) is 19.6 Å². The third kappa shape index (κ3) is 28.2. The number of unbranched alkanes of at least 4 members (excludes halogenated alkanes) is 1. The second-order valence-corrected chi connectivity index (χ2v) is 13.3. The van der Waals surface area contributed by atoms with E-state index in [0.29, 0.717) is 19.3 Å². The zero-order valence-corrected chi connectivity index (χ0v) is 34.3. The molecule has 0 aliphatic carbocycles. The van der Waals surface area contributed by atoms with Crippen molar-refractivity contribution in [3.05, 3.63) is 122 Å². The van der Waals surface area contributed by atoms with Crippen molar-refractivity contribution in [2.45, 2.75) is 141 Å². The van der Waals surface area contributed by atoms with E-state index in [1.165, 1.54) is 0 Å².